The predicted octanol–water partition coefficient (Wildman–Crippen LogP) is 3.87. The van der Waals surface area contributed by atoms with Gasteiger partial charge in [0.05, 0.1) is 22.5 Å². The molecule has 25 heavy (non-hydrogen) atoms. The first kappa shape index (κ1) is 15.9. The van der Waals surface area contributed by atoms with Crippen LogP contribution in [0.25, 0.3) is 5.69 Å². The van der Waals surface area contributed by atoms with E-state index in [0.717, 1.165) is 40.8 Å². The summed E-state index contributed by atoms with van der Waals surface area (Å²) in [6.07, 6.45) is 8.75. The summed E-state index contributed by atoms with van der Waals surface area (Å²) in [5.41, 5.74) is 3.80. The van der Waals surface area contributed by atoms with Crippen molar-refractivity contribution in [2.24, 2.45) is 17.8 Å². The van der Waals surface area contributed by atoms with Crippen molar-refractivity contribution in [3.8, 4) is 5.69 Å². The third kappa shape index (κ3) is 2.72. The van der Waals surface area contributed by atoms with Crippen molar-refractivity contribution in [2.45, 2.75) is 57.5 Å². The molecule has 4 bridgehead atoms. The van der Waals surface area contributed by atoms with Crippen molar-refractivity contribution in [3.63, 3.8) is 0 Å². The predicted molar refractivity (Wildman–Crippen MR) is 99.8 cm³/mol. The summed E-state index contributed by atoms with van der Waals surface area (Å²) in [5.74, 6) is 2.98. The van der Waals surface area contributed by atoms with Gasteiger partial charge in [-0.15, -0.1) is 0 Å². The minimum absolute atomic E-state index is 0.485. The molecule has 0 radical (unpaired) electrons. The van der Waals surface area contributed by atoms with E-state index in [0.29, 0.717) is 5.54 Å². The van der Waals surface area contributed by atoms with Crippen LogP contribution in [0.2, 0.25) is 5.15 Å². The zero-order valence-electron chi connectivity index (χ0n) is 14.9. The lowest BCUT2D eigenvalue weighted by atomic mass is 9.53. The first-order valence-electron chi connectivity index (χ1n) is 9.76. The van der Waals surface area contributed by atoms with Gasteiger partial charge in [0.2, 0.25) is 0 Å². The normalized spacial score (nSPS) is 33.1. The second-order valence-electron chi connectivity index (χ2n) is 8.79. The van der Waals surface area contributed by atoms with Crippen LogP contribution in [0.1, 0.15) is 49.8 Å². The maximum absolute atomic E-state index is 6.73. The van der Waals surface area contributed by atoms with Gasteiger partial charge < -0.3 is 5.32 Å². The van der Waals surface area contributed by atoms with Crippen LogP contribution in [0.15, 0.2) is 30.3 Å². The van der Waals surface area contributed by atoms with E-state index in [1.807, 2.05) is 22.9 Å². The highest BCUT2D eigenvalue weighted by Gasteiger charge is 2.53. The molecule has 1 heterocycles. The van der Waals surface area contributed by atoms with Crippen molar-refractivity contribution < 1.29 is 5.32 Å². The molecule has 0 saturated heterocycles. The molecule has 6 rings (SSSR count). The fourth-order valence-corrected chi connectivity index (χ4v) is 6.60. The molecule has 0 amide bonds. The molecule has 4 heteroatoms. The van der Waals surface area contributed by atoms with Crippen LogP contribution in [-0.2, 0) is 6.54 Å². The van der Waals surface area contributed by atoms with Crippen LogP contribution < -0.4 is 5.32 Å². The SMILES string of the molecule is Cc1nn(-c2ccccc2)c(Cl)c1C[NH2+]C12CC3CC(CC(C3)C1)C2. The number of nitrogens with two attached hydrogens (primary N) is 1. The zero-order valence-corrected chi connectivity index (χ0v) is 15.7. The van der Waals surface area contributed by atoms with Crippen LogP contribution in [-0.4, -0.2) is 15.3 Å². The minimum Gasteiger partial charge on any atom is -0.337 e. The van der Waals surface area contributed by atoms with E-state index in [9.17, 15) is 0 Å². The van der Waals surface area contributed by atoms with Gasteiger partial charge >= 0.3 is 0 Å². The summed E-state index contributed by atoms with van der Waals surface area (Å²) in [6.45, 7) is 3.05. The Morgan fingerprint density at radius 1 is 1.08 bits per heavy atom. The molecule has 1 aromatic heterocycles. The van der Waals surface area contributed by atoms with Crippen LogP contribution >= 0.6 is 11.6 Å². The van der Waals surface area contributed by atoms with Crippen molar-refractivity contribution in [3.05, 3.63) is 46.7 Å². The van der Waals surface area contributed by atoms with Gasteiger partial charge in [-0.25, -0.2) is 4.68 Å². The Kier molecular flexibility index (Phi) is 3.72. The first-order valence-corrected chi connectivity index (χ1v) is 10.1. The van der Waals surface area contributed by atoms with E-state index in [4.69, 9.17) is 16.7 Å². The quantitative estimate of drug-likeness (QED) is 0.886. The highest BCUT2D eigenvalue weighted by atomic mass is 35.5. The van der Waals surface area contributed by atoms with Gasteiger partial charge in [0.1, 0.15) is 11.7 Å². The fraction of sp³-hybridized carbons (Fsp3) is 0.571. The van der Waals surface area contributed by atoms with Gasteiger partial charge in [-0.3, -0.25) is 0 Å². The smallest absolute Gasteiger partial charge is 0.142 e. The number of hydrogen-bond acceptors (Lipinski definition) is 1. The summed E-state index contributed by atoms with van der Waals surface area (Å²) in [6, 6.07) is 10.2. The monoisotopic (exact) mass is 356 g/mol. The summed E-state index contributed by atoms with van der Waals surface area (Å²) in [7, 11) is 0. The van der Waals surface area contributed by atoms with E-state index in [2.05, 4.69) is 24.4 Å². The van der Waals surface area contributed by atoms with Crippen LogP contribution in [0, 0.1) is 24.7 Å². The zero-order chi connectivity index (χ0) is 17.0. The Hall–Kier alpha value is -1.32. The fourth-order valence-electron chi connectivity index (χ4n) is 6.25. The van der Waals surface area contributed by atoms with Crippen LogP contribution in [0.3, 0.4) is 0 Å². The maximum atomic E-state index is 6.73. The summed E-state index contributed by atoms with van der Waals surface area (Å²) in [5, 5.41) is 8.12. The molecule has 3 nitrogen and oxygen atoms in total. The third-order valence-corrected chi connectivity index (χ3v) is 7.34. The van der Waals surface area contributed by atoms with Gasteiger partial charge in [0.15, 0.2) is 0 Å². The lowest BCUT2D eigenvalue weighted by molar-refractivity contribution is -0.752. The molecule has 132 valence electrons. The lowest BCUT2D eigenvalue weighted by Crippen LogP contribution is -2.97. The molecular weight excluding hydrogens is 330 g/mol. The van der Waals surface area contributed by atoms with Gasteiger partial charge in [-0.1, -0.05) is 29.8 Å². The van der Waals surface area contributed by atoms with E-state index in [-0.39, 0.29) is 0 Å². The number of hydrogen-bond donors (Lipinski definition) is 1. The molecule has 4 aliphatic carbocycles. The number of quaternary nitrogens is 1. The van der Waals surface area contributed by atoms with Crippen molar-refractivity contribution >= 4 is 11.6 Å². The van der Waals surface area contributed by atoms with E-state index in [1.54, 1.807) is 0 Å². The second-order valence-corrected chi connectivity index (χ2v) is 9.15. The molecule has 1 aromatic carbocycles. The Bertz CT molecular complexity index is 745. The number of benzene rings is 1. The minimum atomic E-state index is 0.485. The lowest BCUT2D eigenvalue weighted by Gasteiger charge is -2.54. The Balaban J connectivity index is 1.38. The first-order chi connectivity index (χ1) is 12.1. The molecule has 4 saturated carbocycles. The van der Waals surface area contributed by atoms with Gasteiger partial charge in [-0.2, -0.15) is 5.10 Å². The van der Waals surface area contributed by atoms with Crippen molar-refractivity contribution in [1.82, 2.24) is 9.78 Å². The van der Waals surface area contributed by atoms with Crippen molar-refractivity contribution in [2.75, 3.05) is 0 Å². The number of halogens is 1. The molecule has 0 unspecified atom stereocenters. The van der Waals surface area contributed by atoms with Gasteiger partial charge in [0.25, 0.3) is 0 Å². The van der Waals surface area contributed by atoms with Gasteiger partial charge in [0, 0.05) is 19.3 Å². The third-order valence-electron chi connectivity index (χ3n) is 6.95. The molecule has 4 fully saturated rings. The molecule has 0 aliphatic heterocycles. The van der Waals surface area contributed by atoms with Crippen LogP contribution in [0.5, 0.6) is 0 Å². The maximum Gasteiger partial charge on any atom is 0.142 e. The molecule has 4 aliphatic rings. The highest BCUT2D eigenvalue weighted by molar-refractivity contribution is 6.30. The molecule has 2 N–H and O–H groups in total. The summed E-state index contributed by atoms with van der Waals surface area (Å²) < 4.78 is 1.89. The topological polar surface area (TPSA) is 34.4 Å². The Labute approximate surface area is 154 Å². The largest absolute Gasteiger partial charge is 0.337 e. The number of aromatic nitrogens is 2. The number of para-hydroxylation sites is 1. The highest BCUT2D eigenvalue weighted by Crippen LogP contribution is 2.54. The van der Waals surface area contributed by atoms with E-state index >= 15 is 0 Å². The van der Waals surface area contributed by atoms with Crippen molar-refractivity contribution in [1.29, 1.82) is 0 Å². The number of nitrogens with zero attached hydrogens (tertiary/aromatic N) is 2. The van der Waals surface area contributed by atoms with Gasteiger partial charge in [-0.05, 0) is 56.1 Å². The molecule has 2 aromatic rings. The molecule has 0 atom stereocenters. The standard InChI is InChI=1S/C21H26ClN3/c1-14-19(20(22)25(24-14)18-5-3-2-4-6-18)13-23-21-10-15-7-16(11-21)9-17(8-15)12-21/h2-6,15-17,23H,7-13H2,1H3/p+1. The van der Waals surface area contributed by atoms with E-state index < -0.39 is 0 Å². The molecular formula is C21H27ClN3+. The second kappa shape index (κ2) is 5.85. The number of rotatable bonds is 4. The Morgan fingerprint density at radius 2 is 1.68 bits per heavy atom. The molecule has 0 spiro atoms. The van der Waals surface area contributed by atoms with Crippen LogP contribution in [0.4, 0.5) is 0 Å². The van der Waals surface area contributed by atoms with E-state index in [1.165, 1.54) is 44.1 Å². The number of aryl methyl sites for hydroxylation is 1. The average molecular weight is 357 g/mol. The Morgan fingerprint density at radius 3 is 2.28 bits per heavy atom. The summed E-state index contributed by atoms with van der Waals surface area (Å²) >= 11 is 6.73. The average Bonchev–Trinajstić information content (AvgIpc) is 2.87. The summed E-state index contributed by atoms with van der Waals surface area (Å²) in [4.78, 5) is 0.